The first-order valence-corrected chi connectivity index (χ1v) is 6.14. The number of nitrogens with two attached hydrogens (primary N) is 1. The molecule has 1 aliphatic heterocycles. The standard InChI is InChI=1S/C12H26N2O2/c1-12(2,3)11(13)4-5-14-6-7-16-10(8-14)9-15/h10-11,15H,4-9,13H2,1-3H3. The number of hydrogen-bond acceptors (Lipinski definition) is 4. The monoisotopic (exact) mass is 230 g/mol. The van der Waals surface area contributed by atoms with E-state index in [4.69, 9.17) is 15.6 Å². The van der Waals surface area contributed by atoms with Crippen LogP contribution in [0, 0.1) is 5.41 Å². The smallest absolute Gasteiger partial charge is 0.0932 e. The summed E-state index contributed by atoms with van der Waals surface area (Å²) in [6.07, 6.45) is 0.987. The van der Waals surface area contributed by atoms with Crippen LogP contribution in [0.25, 0.3) is 0 Å². The molecule has 0 spiro atoms. The van der Waals surface area contributed by atoms with Crippen molar-refractivity contribution in [1.82, 2.24) is 4.90 Å². The molecule has 1 aliphatic rings. The summed E-state index contributed by atoms with van der Waals surface area (Å²) in [6.45, 7) is 10.1. The van der Waals surface area contributed by atoms with E-state index in [1.54, 1.807) is 0 Å². The van der Waals surface area contributed by atoms with E-state index < -0.39 is 0 Å². The Bertz CT molecular complexity index is 204. The van der Waals surface area contributed by atoms with Gasteiger partial charge >= 0.3 is 0 Å². The summed E-state index contributed by atoms with van der Waals surface area (Å²) in [5.74, 6) is 0. The van der Waals surface area contributed by atoms with Crippen LogP contribution >= 0.6 is 0 Å². The van der Waals surface area contributed by atoms with E-state index in [9.17, 15) is 0 Å². The molecule has 0 aromatic carbocycles. The second kappa shape index (κ2) is 5.96. The maximum absolute atomic E-state index is 9.04. The molecule has 96 valence electrons. The van der Waals surface area contributed by atoms with Crippen molar-refractivity contribution >= 4 is 0 Å². The van der Waals surface area contributed by atoms with Crippen LogP contribution in [0.1, 0.15) is 27.2 Å². The molecule has 4 heteroatoms. The molecule has 0 radical (unpaired) electrons. The van der Waals surface area contributed by atoms with Gasteiger partial charge in [0.1, 0.15) is 0 Å². The minimum atomic E-state index is -0.0142. The van der Waals surface area contributed by atoms with Crippen molar-refractivity contribution in [3.8, 4) is 0 Å². The lowest BCUT2D eigenvalue weighted by Crippen LogP contribution is -2.46. The fraction of sp³-hybridized carbons (Fsp3) is 1.00. The Balaban J connectivity index is 2.27. The van der Waals surface area contributed by atoms with Crippen LogP contribution in [-0.4, -0.2) is 55.0 Å². The van der Waals surface area contributed by atoms with Crippen molar-refractivity contribution < 1.29 is 9.84 Å². The molecule has 1 fully saturated rings. The van der Waals surface area contributed by atoms with Crippen molar-refractivity contribution in [2.45, 2.75) is 39.3 Å². The van der Waals surface area contributed by atoms with E-state index in [-0.39, 0.29) is 24.2 Å². The molecule has 1 saturated heterocycles. The maximum Gasteiger partial charge on any atom is 0.0932 e. The predicted octanol–water partition coefficient (Wildman–Crippen LogP) is 0.443. The van der Waals surface area contributed by atoms with Crippen LogP contribution in [-0.2, 0) is 4.74 Å². The minimum absolute atomic E-state index is 0.0142. The highest BCUT2D eigenvalue weighted by atomic mass is 16.5. The predicted molar refractivity (Wildman–Crippen MR) is 65.3 cm³/mol. The van der Waals surface area contributed by atoms with Gasteiger partial charge in [0.25, 0.3) is 0 Å². The summed E-state index contributed by atoms with van der Waals surface area (Å²) in [5.41, 5.74) is 6.30. The third-order valence-electron chi connectivity index (χ3n) is 3.30. The van der Waals surface area contributed by atoms with Crippen molar-refractivity contribution in [2.24, 2.45) is 11.1 Å². The highest BCUT2D eigenvalue weighted by molar-refractivity contribution is 4.79. The van der Waals surface area contributed by atoms with Gasteiger partial charge in [-0.05, 0) is 18.4 Å². The number of aliphatic hydroxyl groups is 1. The topological polar surface area (TPSA) is 58.7 Å². The van der Waals surface area contributed by atoms with Crippen LogP contribution in [0.5, 0.6) is 0 Å². The molecule has 0 bridgehead atoms. The van der Waals surface area contributed by atoms with E-state index in [1.165, 1.54) is 0 Å². The molecule has 0 aliphatic carbocycles. The van der Waals surface area contributed by atoms with Gasteiger partial charge in [-0.15, -0.1) is 0 Å². The first-order chi connectivity index (χ1) is 7.43. The first-order valence-electron chi connectivity index (χ1n) is 6.14. The van der Waals surface area contributed by atoms with Gasteiger partial charge in [0.2, 0.25) is 0 Å². The lowest BCUT2D eigenvalue weighted by Gasteiger charge is -2.34. The second-order valence-corrected chi connectivity index (χ2v) is 5.74. The zero-order chi connectivity index (χ0) is 12.2. The van der Waals surface area contributed by atoms with E-state index in [0.717, 1.165) is 32.7 Å². The summed E-state index contributed by atoms with van der Waals surface area (Å²) in [6, 6.07) is 0.225. The van der Waals surface area contributed by atoms with Crippen LogP contribution < -0.4 is 5.73 Å². The minimum Gasteiger partial charge on any atom is -0.394 e. The largest absolute Gasteiger partial charge is 0.394 e. The molecule has 0 amide bonds. The van der Waals surface area contributed by atoms with Crippen LogP contribution in [0.4, 0.5) is 0 Å². The third-order valence-corrected chi connectivity index (χ3v) is 3.30. The fourth-order valence-corrected chi connectivity index (χ4v) is 1.85. The summed E-state index contributed by atoms with van der Waals surface area (Å²) in [5, 5.41) is 9.04. The Hall–Kier alpha value is -0.160. The van der Waals surface area contributed by atoms with Gasteiger partial charge in [-0.2, -0.15) is 0 Å². The van der Waals surface area contributed by atoms with Gasteiger partial charge < -0.3 is 15.6 Å². The Morgan fingerprint density at radius 3 is 2.75 bits per heavy atom. The molecule has 1 heterocycles. The van der Waals surface area contributed by atoms with Gasteiger partial charge in [0.15, 0.2) is 0 Å². The molecule has 4 nitrogen and oxygen atoms in total. The van der Waals surface area contributed by atoms with E-state index in [2.05, 4.69) is 25.7 Å². The fourth-order valence-electron chi connectivity index (χ4n) is 1.85. The summed E-state index contributed by atoms with van der Waals surface area (Å²) in [7, 11) is 0. The third kappa shape index (κ3) is 4.37. The molecule has 2 atom stereocenters. The molecule has 0 aromatic rings. The van der Waals surface area contributed by atoms with Gasteiger partial charge in [0.05, 0.1) is 19.3 Å². The van der Waals surface area contributed by atoms with Crippen molar-refractivity contribution in [1.29, 1.82) is 0 Å². The van der Waals surface area contributed by atoms with Crippen molar-refractivity contribution in [3.05, 3.63) is 0 Å². The molecule has 16 heavy (non-hydrogen) atoms. The van der Waals surface area contributed by atoms with Gasteiger partial charge in [-0.3, -0.25) is 4.90 Å². The highest BCUT2D eigenvalue weighted by Crippen LogP contribution is 2.20. The zero-order valence-corrected chi connectivity index (χ0v) is 10.8. The molecular weight excluding hydrogens is 204 g/mol. The van der Waals surface area contributed by atoms with Gasteiger partial charge in [0, 0.05) is 19.1 Å². The van der Waals surface area contributed by atoms with Crippen LogP contribution in [0.3, 0.4) is 0 Å². The molecular formula is C12H26N2O2. The lowest BCUT2D eigenvalue weighted by atomic mass is 9.85. The number of morpholine rings is 1. The lowest BCUT2D eigenvalue weighted by molar-refractivity contribution is -0.0536. The van der Waals surface area contributed by atoms with Gasteiger partial charge in [-0.25, -0.2) is 0 Å². The number of nitrogens with zero attached hydrogens (tertiary/aromatic N) is 1. The average molecular weight is 230 g/mol. The highest BCUT2D eigenvalue weighted by Gasteiger charge is 2.23. The number of ether oxygens (including phenoxy) is 1. The van der Waals surface area contributed by atoms with Crippen LogP contribution in [0.15, 0.2) is 0 Å². The number of hydrogen-bond donors (Lipinski definition) is 2. The van der Waals surface area contributed by atoms with Crippen LogP contribution in [0.2, 0.25) is 0 Å². The SMILES string of the molecule is CC(C)(C)C(N)CCN1CCOC(CO)C1. The summed E-state index contributed by atoms with van der Waals surface area (Å²) < 4.78 is 5.41. The molecule has 3 N–H and O–H groups in total. The van der Waals surface area contributed by atoms with E-state index in [0.29, 0.717) is 0 Å². The first kappa shape index (κ1) is 13.9. The van der Waals surface area contributed by atoms with Crippen molar-refractivity contribution in [3.63, 3.8) is 0 Å². The summed E-state index contributed by atoms with van der Waals surface area (Å²) >= 11 is 0. The zero-order valence-electron chi connectivity index (χ0n) is 10.8. The Morgan fingerprint density at radius 2 is 2.19 bits per heavy atom. The average Bonchev–Trinajstić information content (AvgIpc) is 2.25. The molecule has 0 saturated carbocycles. The molecule has 0 aromatic heterocycles. The van der Waals surface area contributed by atoms with Crippen molar-refractivity contribution in [2.75, 3.05) is 32.8 Å². The quantitative estimate of drug-likeness (QED) is 0.736. The van der Waals surface area contributed by atoms with E-state index >= 15 is 0 Å². The van der Waals surface area contributed by atoms with E-state index in [1.807, 2.05) is 0 Å². The molecule has 2 unspecified atom stereocenters. The summed E-state index contributed by atoms with van der Waals surface area (Å²) in [4.78, 5) is 2.33. The normalized spacial score (nSPS) is 25.7. The Labute approximate surface area is 98.8 Å². The van der Waals surface area contributed by atoms with Gasteiger partial charge in [-0.1, -0.05) is 20.8 Å². The Kier molecular flexibility index (Phi) is 5.18. The maximum atomic E-state index is 9.04. The number of aliphatic hydroxyl groups excluding tert-OH is 1. The second-order valence-electron chi connectivity index (χ2n) is 5.74. The molecule has 1 rings (SSSR count). The Morgan fingerprint density at radius 1 is 1.50 bits per heavy atom. The number of rotatable bonds is 4.